The third-order valence-electron chi connectivity index (χ3n) is 4.75. The smallest absolute Gasteiger partial charge is 0.242 e. The lowest BCUT2D eigenvalue weighted by Crippen LogP contribution is -2.63. The molecule has 0 unspecified atom stereocenters. The first-order valence-corrected chi connectivity index (χ1v) is 11.1. The molecule has 1 aliphatic heterocycles. The van der Waals surface area contributed by atoms with Crippen LogP contribution in [0, 0.1) is 13.8 Å². The van der Waals surface area contributed by atoms with Crippen molar-refractivity contribution in [1.82, 2.24) is 20.6 Å². The first-order chi connectivity index (χ1) is 12.5. The number of amides is 1. The Morgan fingerprint density at radius 2 is 1.78 bits per heavy atom. The Labute approximate surface area is 168 Å². The molecule has 1 aromatic heterocycles. The number of nitrogens with one attached hydrogen (secondary N) is 3. The second kappa shape index (κ2) is 8.78. The summed E-state index contributed by atoms with van der Waals surface area (Å²) in [5.41, 5.74) is 1.80. The number of anilines is 1. The van der Waals surface area contributed by atoms with Crippen molar-refractivity contribution in [2.75, 3.05) is 17.3 Å². The summed E-state index contributed by atoms with van der Waals surface area (Å²) in [6, 6.07) is 1.75. The topological polar surface area (TPSA) is 78.9 Å². The fourth-order valence-electron chi connectivity index (χ4n) is 4.18. The molecule has 27 heavy (non-hydrogen) atoms. The quantitative estimate of drug-likeness (QED) is 0.661. The van der Waals surface area contributed by atoms with Gasteiger partial charge in [-0.2, -0.15) is 11.8 Å². The number of nitrogens with zero attached hydrogens (tertiary/aromatic N) is 2. The van der Waals surface area contributed by atoms with Gasteiger partial charge < -0.3 is 16.0 Å². The molecule has 3 N–H and O–H groups in total. The largest absolute Gasteiger partial charge is 0.351 e. The van der Waals surface area contributed by atoms with Gasteiger partial charge in [0.2, 0.25) is 11.9 Å². The molecule has 152 valence electrons. The first-order valence-electron chi connectivity index (χ1n) is 9.67. The number of piperidine rings is 1. The molecule has 2 rings (SSSR count). The summed E-state index contributed by atoms with van der Waals surface area (Å²) in [6.07, 6.45) is 4.62. The molecule has 0 radical (unpaired) electrons. The van der Waals surface area contributed by atoms with Crippen molar-refractivity contribution >= 4 is 23.6 Å². The van der Waals surface area contributed by atoms with Crippen molar-refractivity contribution < 1.29 is 4.79 Å². The van der Waals surface area contributed by atoms with E-state index in [0.29, 0.717) is 5.95 Å². The van der Waals surface area contributed by atoms with E-state index in [-0.39, 0.29) is 29.1 Å². The molecule has 1 atom stereocenters. The highest BCUT2D eigenvalue weighted by molar-refractivity contribution is 7.98. The number of aryl methyl sites for hydroxylation is 2. The number of carbonyl (C=O) groups is 1. The summed E-state index contributed by atoms with van der Waals surface area (Å²) >= 11 is 1.74. The molecule has 1 fully saturated rings. The van der Waals surface area contributed by atoms with E-state index in [2.05, 4.69) is 59.9 Å². The molecule has 6 nitrogen and oxygen atoms in total. The minimum Gasteiger partial charge on any atom is -0.351 e. The highest BCUT2D eigenvalue weighted by Gasteiger charge is 2.38. The number of carbonyl (C=O) groups excluding carboxylic acids is 1. The molecule has 7 heteroatoms. The first kappa shape index (κ1) is 22.0. The van der Waals surface area contributed by atoms with Crippen LogP contribution in [0.4, 0.5) is 5.95 Å². The number of hydrogen-bond donors (Lipinski definition) is 3. The van der Waals surface area contributed by atoms with Gasteiger partial charge in [-0.15, -0.1) is 0 Å². The van der Waals surface area contributed by atoms with E-state index in [4.69, 9.17) is 0 Å². The molecular formula is C20H35N5OS. The van der Waals surface area contributed by atoms with Gasteiger partial charge >= 0.3 is 0 Å². The maximum atomic E-state index is 13.1. The zero-order valence-corrected chi connectivity index (χ0v) is 18.6. The molecular weight excluding hydrogens is 358 g/mol. The number of thioether (sulfide) groups is 1. The van der Waals surface area contributed by atoms with Crippen LogP contribution in [-0.2, 0) is 4.79 Å². The Morgan fingerprint density at radius 3 is 2.30 bits per heavy atom. The molecule has 1 amide bonds. The summed E-state index contributed by atoms with van der Waals surface area (Å²) in [5.74, 6) is 1.46. The maximum absolute atomic E-state index is 13.1. The minimum atomic E-state index is -0.334. The van der Waals surface area contributed by atoms with Crippen LogP contribution in [0.1, 0.15) is 58.3 Å². The molecule has 0 aliphatic carbocycles. The fourth-order valence-corrected chi connectivity index (χ4v) is 4.65. The Balaban J connectivity index is 2.09. The predicted octanol–water partition coefficient (Wildman–Crippen LogP) is 3.05. The van der Waals surface area contributed by atoms with Crippen LogP contribution >= 0.6 is 11.8 Å². The van der Waals surface area contributed by atoms with Crippen LogP contribution in [0.2, 0.25) is 0 Å². The average molecular weight is 394 g/mol. The van der Waals surface area contributed by atoms with Gasteiger partial charge in [-0.1, -0.05) is 0 Å². The van der Waals surface area contributed by atoms with Gasteiger partial charge in [0.05, 0.1) is 0 Å². The second-order valence-corrected chi connectivity index (χ2v) is 9.94. The Bertz CT molecular complexity index is 626. The van der Waals surface area contributed by atoms with E-state index in [0.717, 1.165) is 36.4 Å². The van der Waals surface area contributed by atoms with E-state index >= 15 is 0 Å². The van der Waals surface area contributed by atoms with Crippen LogP contribution in [-0.4, -0.2) is 51.0 Å². The molecule has 1 aliphatic rings. The van der Waals surface area contributed by atoms with Gasteiger partial charge in [-0.05, 0) is 78.9 Å². The molecule has 2 heterocycles. The van der Waals surface area contributed by atoms with Crippen molar-refractivity contribution in [3.63, 3.8) is 0 Å². The van der Waals surface area contributed by atoms with Gasteiger partial charge in [-0.3, -0.25) is 4.79 Å². The zero-order chi connectivity index (χ0) is 20.2. The standard InChI is InChI=1S/C20H35N5OS/c1-13-10-14(2)22-18(21-13)24-16(8-9-27-7)17(26)23-15-11-19(3,4)25-20(5,6)12-15/h10,15-16,25H,8-9,11-12H2,1-7H3,(H,23,26)(H,21,22,24)/t16-/m0/s1. The van der Waals surface area contributed by atoms with Crippen LogP contribution in [0.3, 0.4) is 0 Å². The summed E-state index contributed by atoms with van der Waals surface area (Å²) in [6.45, 7) is 12.7. The number of aromatic nitrogens is 2. The van der Waals surface area contributed by atoms with Crippen LogP contribution in [0.5, 0.6) is 0 Å². The van der Waals surface area contributed by atoms with Gasteiger partial charge in [0, 0.05) is 28.5 Å². The normalized spacial score (nSPS) is 20.1. The third-order valence-corrected chi connectivity index (χ3v) is 5.39. The molecule has 1 saturated heterocycles. The van der Waals surface area contributed by atoms with E-state index < -0.39 is 0 Å². The van der Waals surface area contributed by atoms with E-state index in [9.17, 15) is 4.79 Å². The number of rotatable bonds is 7. The lowest BCUT2D eigenvalue weighted by Gasteiger charge is -2.46. The van der Waals surface area contributed by atoms with E-state index in [1.54, 1.807) is 11.8 Å². The Kier molecular flexibility index (Phi) is 7.14. The van der Waals surface area contributed by atoms with Crippen molar-refractivity contribution in [2.45, 2.75) is 84.0 Å². The predicted molar refractivity (Wildman–Crippen MR) is 114 cm³/mol. The van der Waals surface area contributed by atoms with Gasteiger partial charge in [-0.25, -0.2) is 9.97 Å². The lowest BCUT2D eigenvalue weighted by molar-refractivity contribution is -0.123. The molecule has 0 aromatic carbocycles. The zero-order valence-electron chi connectivity index (χ0n) is 17.8. The maximum Gasteiger partial charge on any atom is 0.242 e. The second-order valence-electron chi connectivity index (χ2n) is 8.96. The van der Waals surface area contributed by atoms with Crippen molar-refractivity contribution in [1.29, 1.82) is 0 Å². The van der Waals surface area contributed by atoms with E-state index in [1.807, 2.05) is 19.9 Å². The SMILES string of the molecule is CSCC[C@H](Nc1nc(C)cc(C)n1)C(=O)NC1CC(C)(C)NC(C)(C)C1. The Morgan fingerprint density at radius 1 is 1.22 bits per heavy atom. The summed E-state index contributed by atoms with van der Waals surface area (Å²) in [7, 11) is 0. The van der Waals surface area contributed by atoms with Crippen molar-refractivity contribution in [2.24, 2.45) is 0 Å². The molecule has 0 bridgehead atoms. The van der Waals surface area contributed by atoms with Crippen molar-refractivity contribution in [3.8, 4) is 0 Å². The molecule has 1 aromatic rings. The monoisotopic (exact) mass is 393 g/mol. The molecule has 0 saturated carbocycles. The fraction of sp³-hybridized carbons (Fsp3) is 0.750. The van der Waals surface area contributed by atoms with Crippen molar-refractivity contribution in [3.05, 3.63) is 17.5 Å². The third kappa shape index (κ3) is 6.96. The highest BCUT2D eigenvalue weighted by atomic mass is 32.2. The van der Waals surface area contributed by atoms with Gasteiger partial charge in [0.15, 0.2) is 0 Å². The summed E-state index contributed by atoms with van der Waals surface area (Å²) < 4.78 is 0. The summed E-state index contributed by atoms with van der Waals surface area (Å²) in [4.78, 5) is 21.9. The lowest BCUT2D eigenvalue weighted by atomic mass is 9.79. The average Bonchev–Trinajstić information content (AvgIpc) is 2.47. The van der Waals surface area contributed by atoms with E-state index in [1.165, 1.54) is 0 Å². The van der Waals surface area contributed by atoms with Crippen LogP contribution in [0.25, 0.3) is 0 Å². The highest BCUT2D eigenvalue weighted by Crippen LogP contribution is 2.28. The Hall–Kier alpha value is -1.34. The van der Waals surface area contributed by atoms with Crippen LogP contribution in [0.15, 0.2) is 6.07 Å². The number of hydrogen-bond acceptors (Lipinski definition) is 6. The van der Waals surface area contributed by atoms with Crippen LogP contribution < -0.4 is 16.0 Å². The molecule has 0 spiro atoms. The minimum absolute atomic E-state index is 0.00133. The summed E-state index contributed by atoms with van der Waals surface area (Å²) in [5, 5.41) is 10.2. The van der Waals surface area contributed by atoms with Gasteiger partial charge in [0.25, 0.3) is 0 Å². The van der Waals surface area contributed by atoms with Gasteiger partial charge in [0.1, 0.15) is 6.04 Å².